The summed E-state index contributed by atoms with van der Waals surface area (Å²) in [4.78, 5) is 11.2. The van der Waals surface area contributed by atoms with Crippen molar-refractivity contribution in [2.45, 2.75) is 45.1 Å². The van der Waals surface area contributed by atoms with E-state index in [1.54, 1.807) is 7.05 Å². The van der Waals surface area contributed by atoms with Crippen LogP contribution < -0.4 is 20.3 Å². The van der Waals surface area contributed by atoms with Gasteiger partial charge in [-0.1, -0.05) is 12.5 Å². The summed E-state index contributed by atoms with van der Waals surface area (Å²) in [6.07, 6.45) is 5.46. The third kappa shape index (κ3) is 6.85. The fraction of sp³-hybridized carbons (Fsp3) is 0.700. The number of hydrogen-bond acceptors (Lipinski definition) is 5. The fourth-order valence-electron chi connectivity index (χ4n) is 3.66. The van der Waals surface area contributed by atoms with Crippen LogP contribution in [0.2, 0.25) is 0 Å². The molecule has 1 aromatic heterocycles. The number of piperidine rings is 1. The SMILES string of the molecule is CN=C(NCCS(=O)(=O)NCC1CCC1)NC1CCN(c2cccc(C)n2)CC1. The third-order valence-electron chi connectivity index (χ3n) is 5.74. The van der Waals surface area contributed by atoms with Gasteiger partial charge < -0.3 is 15.5 Å². The van der Waals surface area contributed by atoms with Crippen LogP contribution in [0.1, 0.15) is 37.8 Å². The second-order valence-corrected chi connectivity index (χ2v) is 9.93. The molecule has 2 fully saturated rings. The van der Waals surface area contributed by atoms with E-state index < -0.39 is 10.0 Å². The Morgan fingerprint density at radius 1 is 1.24 bits per heavy atom. The average Bonchev–Trinajstić information content (AvgIpc) is 2.66. The van der Waals surface area contributed by atoms with Crippen LogP contribution >= 0.6 is 0 Å². The molecule has 3 N–H and O–H groups in total. The van der Waals surface area contributed by atoms with Crippen LogP contribution in [0, 0.1) is 12.8 Å². The largest absolute Gasteiger partial charge is 0.356 e. The lowest BCUT2D eigenvalue weighted by atomic mass is 9.86. The zero-order valence-electron chi connectivity index (χ0n) is 17.5. The minimum atomic E-state index is -3.24. The van der Waals surface area contributed by atoms with Crippen molar-refractivity contribution in [1.82, 2.24) is 20.3 Å². The zero-order valence-corrected chi connectivity index (χ0v) is 18.3. The Balaban J connectivity index is 1.37. The molecule has 8 nitrogen and oxygen atoms in total. The topological polar surface area (TPSA) is 98.7 Å². The van der Waals surface area contributed by atoms with Crippen molar-refractivity contribution in [2.75, 3.05) is 43.9 Å². The summed E-state index contributed by atoms with van der Waals surface area (Å²) in [5, 5.41) is 6.55. The molecule has 0 radical (unpaired) electrons. The van der Waals surface area contributed by atoms with E-state index in [2.05, 4.69) is 36.3 Å². The molecule has 162 valence electrons. The number of aromatic nitrogens is 1. The number of guanidine groups is 1. The molecule has 1 saturated carbocycles. The van der Waals surface area contributed by atoms with Crippen molar-refractivity contribution in [3.05, 3.63) is 23.9 Å². The third-order valence-corrected chi connectivity index (χ3v) is 7.09. The number of aliphatic imine (C=N–C) groups is 1. The van der Waals surface area contributed by atoms with Gasteiger partial charge in [-0.2, -0.15) is 0 Å². The van der Waals surface area contributed by atoms with Crippen molar-refractivity contribution in [1.29, 1.82) is 0 Å². The summed E-state index contributed by atoms with van der Waals surface area (Å²) >= 11 is 0. The van der Waals surface area contributed by atoms with Crippen molar-refractivity contribution in [2.24, 2.45) is 10.9 Å². The van der Waals surface area contributed by atoms with E-state index in [-0.39, 0.29) is 5.75 Å². The maximum absolute atomic E-state index is 12.1. The fourth-order valence-corrected chi connectivity index (χ4v) is 4.67. The lowest BCUT2D eigenvalue weighted by Gasteiger charge is -2.34. The van der Waals surface area contributed by atoms with Gasteiger partial charge >= 0.3 is 0 Å². The van der Waals surface area contributed by atoms with Gasteiger partial charge in [0, 0.05) is 45.0 Å². The number of aryl methyl sites for hydroxylation is 1. The van der Waals surface area contributed by atoms with Gasteiger partial charge in [0.2, 0.25) is 10.0 Å². The highest BCUT2D eigenvalue weighted by molar-refractivity contribution is 7.89. The predicted molar refractivity (Wildman–Crippen MR) is 118 cm³/mol. The van der Waals surface area contributed by atoms with Crippen LogP contribution in [0.5, 0.6) is 0 Å². The first kappa shape index (κ1) is 21.8. The standard InChI is InChI=1S/C20H34N6O2S/c1-16-5-3-8-19(24-16)26-12-9-18(10-13-26)25-20(21-2)22-11-14-29(27,28)23-15-17-6-4-7-17/h3,5,8,17-18,23H,4,6-7,9-15H2,1-2H3,(H2,21,22,25). The molecule has 1 aromatic rings. The first-order valence-corrected chi connectivity index (χ1v) is 12.2. The quantitative estimate of drug-likeness (QED) is 0.431. The number of hydrogen-bond donors (Lipinski definition) is 3. The Labute approximate surface area is 174 Å². The van der Waals surface area contributed by atoms with Gasteiger partial charge in [0.15, 0.2) is 5.96 Å². The molecule has 3 rings (SSSR count). The summed E-state index contributed by atoms with van der Waals surface area (Å²) in [6, 6.07) is 6.43. The minimum Gasteiger partial charge on any atom is -0.356 e. The zero-order chi connectivity index (χ0) is 20.7. The van der Waals surface area contributed by atoms with E-state index in [1.165, 1.54) is 6.42 Å². The van der Waals surface area contributed by atoms with Crippen LogP contribution in [-0.2, 0) is 10.0 Å². The maximum Gasteiger partial charge on any atom is 0.213 e. The minimum absolute atomic E-state index is 0.0535. The van der Waals surface area contributed by atoms with Gasteiger partial charge in [0.05, 0.1) is 5.75 Å². The van der Waals surface area contributed by atoms with Gasteiger partial charge in [0.1, 0.15) is 5.82 Å². The van der Waals surface area contributed by atoms with Gasteiger partial charge in [-0.25, -0.2) is 18.1 Å². The maximum atomic E-state index is 12.1. The lowest BCUT2D eigenvalue weighted by Crippen LogP contribution is -2.49. The summed E-state index contributed by atoms with van der Waals surface area (Å²) < 4.78 is 26.9. The number of pyridine rings is 1. The highest BCUT2D eigenvalue weighted by atomic mass is 32.2. The lowest BCUT2D eigenvalue weighted by molar-refractivity contribution is 0.316. The molecule has 0 spiro atoms. The number of nitrogens with zero attached hydrogens (tertiary/aromatic N) is 3. The van der Waals surface area contributed by atoms with E-state index in [1.807, 2.05) is 19.1 Å². The van der Waals surface area contributed by atoms with Crippen LogP contribution in [-0.4, -0.2) is 64.4 Å². The normalized spacial score (nSPS) is 19.1. The van der Waals surface area contributed by atoms with E-state index >= 15 is 0 Å². The predicted octanol–water partition coefficient (Wildman–Crippen LogP) is 1.24. The molecule has 29 heavy (non-hydrogen) atoms. The van der Waals surface area contributed by atoms with Crippen molar-refractivity contribution in [3.63, 3.8) is 0 Å². The Morgan fingerprint density at radius 3 is 2.62 bits per heavy atom. The molecule has 0 unspecified atom stereocenters. The molecule has 0 aromatic carbocycles. The Morgan fingerprint density at radius 2 is 2.00 bits per heavy atom. The van der Waals surface area contributed by atoms with E-state index in [9.17, 15) is 8.42 Å². The van der Waals surface area contributed by atoms with Crippen LogP contribution in [0.25, 0.3) is 0 Å². The van der Waals surface area contributed by atoms with Gasteiger partial charge in [-0.3, -0.25) is 4.99 Å². The molecule has 1 aliphatic heterocycles. The molecule has 2 heterocycles. The molecule has 1 saturated heterocycles. The first-order valence-electron chi connectivity index (χ1n) is 10.6. The Kier molecular flexibility index (Phi) is 7.71. The summed E-state index contributed by atoms with van der Waals surface area (Å²) in [7, 11) is -1.53. The second kappa shape index (κ2) is 10.2. The van der Waals surface area contributed by atoms with E-state index in [0.29, 0.717) is 31.0 Å². The molecular formula is C20H34N6O2S. The van der Waals surface area contributed by atoms with E-state index in [4.69, 9.17) is 0 Å². The van der Waals surface area contributed by atoms with Gasteiger partial charge in [-0.15, -0.1) is 0 Å². The van der Waals surface area contributed by atoms with Crippen LogP contribution in [0.15, 0.2) is 23.2 Å². The Bertz CT molecular complexity index is 786. The van der Waals surface area contributed by atoms with Gasteiger partial charge in [0.25, 0.3) is 0 Å². The Hall–Kier alpha value is -1.87. The summed E-state index contributed by atoms with van der Waals surface area (Å²) in [5.41, 5.74) is 1.03. The molecule has 2 aliphatic rings. The van der Waals surface area contributed by atoms with Crippen LogP contribution in [0.4, 0.5) is 5.82 Å². The van der Waals surface area contributed by atoms with Crippen molar-refractivity contribution >= 4 is 21.8 Å². The van der Waals surface area contributed by atoms with Crippen molar-refractivity contribution in [3.8, 4) is 0 Å². The summed E-state index contributed by atoms with van der Waals surface area (Å²) in [5.74, 6) is 2.27. The smallest absolute Gasteiger partial charge is 0.213 e. The molecule has 0 bridgehead atoms. The molecule has 0 atom stereocenters. The number of sulfonamides is 1. The molecule has 0 amide bonds. The first-order chi connectivity index (χ1) is 13.9. The molecule has 9 heteroatoms. The van der Waals surface area contributed by atoms with E-state index in [0.717, 1.165) is 50.3 Å². The number of rotatable bonds is 8. The highest BCUT2D eigenvalue weighted by Gasteiger charge is 2.22. The number of nitrogens with one attached hydrogen (secondary N) is 3. The monoisotopic (exact) mass is 422 g/mol. The van der Waals surface area contributed by atoms with Crippen molar-refractivity contribution < 1.29 is 8.42 Å². The second-order valence-electron chi connectivity index (χ2n) is 8.01. The number of anilines is 1. The van der Waals surface area contributed by atoms with Gasteiger partial charge in [-0.05, 0) is 50.7 Å². The summed E-state index contributed by atoms with van der Waals surface area (Å²) in [6.45, 7) is 4.79. The van der Waals surface area contributed by atoms with Crippen LogP contribution in [0.3, 0.4) is 0 Å². The molecule has 1 aliphatic carbocycles. The highest BCUT2D eigenvalue weighted by Crippen LogP contribution is 2.25. The average molecular weight is 423 g/mol. The molecular weight excluding hydrogens is 388 g/mol.